The molecule has 0 aromatic rings. The Kier molecular flexibility index (Phi) is 11.5. The molecule has 0 spiro atoms. The van der Waals surface area contributed by atoms with Crippen molar-refractivity contribution >= 4 is 0 Å². The maximum atomic E-state index is 9.76. The normalized spacial score (nSPS) is 28.5. The lowest BCUT2D eigenvalue weighted by atomic mass is 10.0. The molecule has 0 aliphatic carbocycles. The number of hydrogen-bond acceptors (Lipinski definition) is 5. The molecule has 1 saturated heterocycles. The van der Waals surface area contributed by atoms with Gasteiger partial charge in [-0.2, -0.15) is 0 Å². The van der Waals surface area contributed by atoms with E-state index in [-0.39, 0.29) is 13.2 Å². The predicted molar refractivity (Wildman–Crippen MR) is 90.3 cm³/mol. The van der Waals surface area contributed by atoms with Crippen LogP contribution in [0, 0.1) is 0 Å². The molecule has 1 heterocycles. The van der Waals surface area contributed by atoms with Gasteiger partial charge in [-0.05, 0) is 32.1 Å². The highest BCUT2D eigenvalue weighted by Crippen LogP contribution is 2.16. The summed E-state index contributed by atoms with van der Waals surface area (Å²) < 4.78 is 10.8. The fraction of sp³-hybridized carbons (Fsp3) is 0.889. The Bertz CT molecular complexity index is 308. The smallest absolute Gasteiger partial charge is 0.111 e. The van der Waals surface area contributed by atoms with Gasteiger partial charge >= 0.3 is 0 Å². The van der Waals surface area contributed by atoms with Crippen molar-refractivity contribution in [2.24, 2.45) is 0 Å². The van der Waals surface area contributed by atoms with Crippen LogP contribution in [-0.4, -0.2) is 59.6 Å². The van der Waals surface area contributed by atoms with Gasteiger partial charge in [-0.3, -0.25) is 0 Å². The van der Waals surface area contributed by atoms with Crippen molar-refractivity contribution in [1.29, 1.82) is 0 Å². The van der Waals surface area contributed by atoms with E-state index in [1.54, 1.807) is 0 Å². The highest BCUT2D eigenvalue weighted by atomic mass is 16.6. The summed E-state index contributed by atoms with van der Waals surface area (Å²) in [6, 6.07) is 0. The third-order valence-corrected chi connectivity index (χ3v) is 4.19. The Balaban J connectivity index is 1.92. The van der Waals surface area contributed by atoms with E-state index < -0.39 is 24.4 Å². The molecule has 3 N–H and O–H groups in total. The summed E-state index contributed by atoms with van der Waals surface area (Å²) >= 11 is 0. The molecule has 0 aromatic carbocycles. The summed E-state index contributed by atoms with van der Waals surface area (Å²) in [6.45, 7) is 3.13. The van der Waals surface area contributed by atoms with Gasteiger partial charge in [0.2, 0.25) is 0 Å². The number of aliphatic hydroxyl groups excluding tert-OH is 3. The molecule has 1 rings (SSSR count). The lowest BCUT2D eigenvalue weighted by molar-refractivity contribution is -0.199. The fourth-order valence-corrected chi connectivity index (χ4v) is 2.60. The van der Waals surface area contributed by atoms with Gasteiger partial charge in [-0.25, -0.2) is 0 Å². The van der Waals surface area contributed by atoms with Crippen LogP contribution in [0.4, 0.5) is 0 Å². The zero-order valence-corrected chi connectivity index (χ0v) is 14.4. The monoisotopic (exact) mass is 330 g/mol. The molecule has 0 saturated carbocycles. The third kappa shape index (κ3) is 8.82. The van der Waals surface area contributed by atoms with Crippen molar-refractivity contribution in [3.05, 3.63) is 12.2 Å². The SMILES string of the molecule is CCCCCC/C=C/CCCCOC[C@H]1OC[C@H](O)[C@@H](O)[C@@H]1O. The standard InChI is InChI=1S/C18H34O5/c1-2-3-4-5-6-7-8-9-10-11-12-22-14-16-18(21)17(20)15(19)13-23-16/h7-8,15-21H,2-6,9-14H2,1H3/b8-7+/t15-,16+,17+,18+/m0/s1. The van der Waals surface area contributed by atoms with E-state index in [2.05, 4.69) is 19.1 Å². The molecule has 1 aliphatic rings. The van der Waals surface area contributed by atoms with Gasteiger partial charge in [0.1, 0.15) is 24.4 Å². The van der Waals surface area contributed by atoms with Gasteiger partial charge in [0.05, 0.1) is 13.2 Å². The number of allylic oxidation sites excluding steroid dienone is 2. The van der Waals surface area contributed by atoms with Crippen molar-refractivity contribution in [2.45, 2.75) is 82.7 Å². The van der Waals surface area contributed by atoms with Crippen molar-refractivity contribution in [3.8, 4) is 0 Å². The largest absolute Gasteiger partial charge is 0.388 e. The third-order valence-electron chi connectivity index (χ3n) is 4.19. The second kappa shape index (κ2) is 12.9. The molecule has 1 aliphatic heterocycles. The lowest BCUT2D eigenvalue weighted by Gasteiger charge is -2.35. The Hall–Kier alpha value is -0.460. The highest BCUT2D eigenvalue weighted by Gasteiger charge is 2.37. The van der Waals surface area contributed by atoms with Crippen molar-refractivity contribution in [1.82, 2.24) is 0 Å². The van der Waals surface area contributed by atoms with Crippen LogP contribution in [0.5, 0.6) is 0 Å². The minimum Gasteiger partial charge on any atom is -0.388 e. The first kappa shape index (κ1) is 20.6. The molecule has 136 valence electrons. The number of ether oxygens (including phenoxy) is 2. The van der Waals surface area contributed by atoms with Gasteiger partial charge in [0.15, 0.2) is 0 Å². The summed E-state index contributed by atoms with van der Waals surface area (Å²) in [4.78, 5) is 0. The molecule has 0 amide bonds. The maximum Gasteiger partial charge on any atom is 0.111 e. The molecule has 23 heavy (non-hydrogen) atoms. The minimum atomic E-state index is -1.15. The van der Waals surface area contributed by atoms with Gasteiger partial charge in [0.25, 0.3) is 0 Å². The molecule has 5 nitrogen and oxygen atoms in total. The number of aliphatic hydroxyl groups is 3. The predicted octanol–water partition coefficient (Wildman–Crippen LogP) is 2.18. The summed E-state index contributed by atoms with van der Waals surface area (Å²) in [7, 11) is 0. The molecule has 0 bridgehead atoms. The van der Waals surface area contributed by atoms with Crippen LogP contribution < -0.4 is 0 Å². The Morgan fingerprint density at radius 1 is 0.957 bits per heavy atom. The van der Waals surface area contributed by atoms with E-state index >= 15 is 0 Å². The van der Waals surface area contributed by atoms with Crippen LogP contribution in [0.25, 0.3) is 0 Å². The molecular weight excluding hydrogens is 296 g/mol. The lowest BCUT2D eigenvalue weighted by Crippen LogP contribution is -2.54. The highest BCUT2D eigenvalue weighted by molar-refractivity contribution is 4.86. The first-order valence-corrected chi connectivity index (χ1v) is 9.05. The molecule has 1 fully saturated rings. The van der Waals surface area contributed by atoms with E-state index in [0.29, 0.717) is 6.61 Å². The Labute approximate surface area is 140 Å². The topological polar surface area (TPSA) is 79.2 Å². The minimum absolute atomic E-state index is 0.0370. The second-order valence-electron chi connectivity index (χ2n) is 6.31. The van der Waals surface area contributed by atoms with Gasteiger partial charge in [-0.15, -0.1) is 0 Å². The average molecular weight is 330 g/mol. The average Bonchev–Trinajstić information content (AvgIpc) is 2.55. The number of unbranched alkanes of at least 4 members (excludes halogenated alkanes) is 6. The number of hydrogen-bond donors (Lipinski definition) is 3. The Morgan fingerprint density at radius 3 is 2.35 bits per heavy atom. The van der Waals surface area contributed by atoms with Crippen molar-refractivity contribution in [3.63, 3.8) is 0 Å². The van der Waals surface area contributed by atoms with E-state index in [0.717, 1.165) is 19.3 Å². The van der Waals surface area contributed by atoms with Gasteiger partial charge in [0, 0.05) is 6.61 Å². The first-order chi connectivity index (χ1) is 11.2. The first-order valence-electron chi connectivity index (χ1n) is 9.05. The summed E-state index contributed by atoms with van der Waals surface area (Å²) in [5.74, 6) is 0. The molecule has 0 radical (unpaired) electrons. The summed E-state index contributed by atoms with van der Waals surface area (Å²) in [6.07, 6.45) is 10.2. The molecule has 0 unspecified atom stereocenters. The van der Waals surface area contributed by atoms with Gasteiger partial charge < -0.3 is 24.8 Å². The van der Waals surface area contributed by atoms with Crippen molar-refractivity contribution < 1.29 is 24.8 Å². The summed E-state index contributed by atoms with van der Waals surface area (Å²) in [5.41, 5.74) is 0. The van der Waals surface area contributed by atoms with Crippen LogP contribution >= 0.6 is 0 Å². The summed E-state index contributed by atoms with van der Waals surface area (Å²) in [5, 5.41) is 28.7. The van der Waals surface area contributed by atoms with E-state index in [1.807, 2.05) is 0 Å². The quantitative estimate of drug-likeness (QED) is 0.377. The second-order valence-corrected chi connectivity index (χ2v) is 6.31. The van der Waals surface area contributed by atoms with Crippen LogP contribution in [0.15, 0.2) is 12.2 Å². The molecular formula is C18H34O5. The maximum absolute atomic E-state index is 9.76. The molecule has 4 atom stereocenters. The molecule has 0 aromatic heterocycles. The fourth-order valence-electron chi connectivity index (χ4n) is 2.60. The van der Waals surface area contributed by atoms with Crippen LogP contribution in [0.3, 0.4) is 0 Å². The Morgan fingerprint density at radius 2 is 1.65 bits per heavy atom. The van der Waals surface area contributed by atoms with Gasteiger partial charge in [-0.1, -0.05) is 38.3 Å². The zero-order valence-electron chi connectivity index (χ0n) is 14.4. The van der Waals surface area contributed by atoms with E-state index in [1.165, 1.54) is 32.1 Å². The van der Waals surface area contributed by atoms with Crippen LogP contribution in [0.1, 0.15) is 58.3 Å². The molecule has 5 heteroatoms. The van der Waals surface area contributed by atoms with E-state index in [4.69, 9.17) is 9.47 Å². The van der Waals surface area contributed by atoms with E-state index in [9.17, 15) is 15.3 Å². The number of rotatable bonds is 12. The van der Waals surface area contributed by atoms with Crippen LogP contribution in [-0.2, 0) is 9.47 Å². The van der Waals surface area contributed by atoms with Crippen LogP contribution in [0.2, 0.25) is 0 Å². The zero-order chi connectivity index (χ0) is 16.9. The van der Waals surface area contributed by atoms with Crippen molar-refractivity contribution in [2.75, 3.05) is 19.8 Å².